The molecule has 116 valence electrons. The first kappa shape index (κ1) is 13.7. The average Bonchev–Trinajstić information content (AvgIpc) is 3.16. The van der Waals surface area contributed by atoms with Crippen LogP contribution in [0.1, 0.15) is 23.2 Å². The van der Waals surface area contributed by atoms with Gasteiger partial charge < -0.3 is 9.64 Å². The van der Waals surface area contributed by atoms with E-state index in [-0.39, 0.29) is 6.10 Å². The Morgan fingerprint density at radius 2 is 2.27 bits per heavy atom. The fraction of sp³-hybridized carbons (Fsp3) is 0.562. The quantitative estimate of drug-likeness (QED) is 0.857. The molecule has 6 nitrogen and oxygen atoms in total. The fourth-order valence-electron chi connectivity index (χ4n) is 3.41. The van der Waals surface area contributed by atoms with Crippen LogP contribution in [-0.4, -0.2) is 45.5 Å². The van der Waals surface area contributed by atoms with E-state index in [1.54, 1.807) is 6.33 Å². The third-order valence-electron chi connectivity index (χ3n) is 4.44. The molecule has 1 fully saturated rings. The maximum atomic E-state index is 5.92. The Bertz CT molecular complexity index is 668. The molecule has 0 unspecified atom stereocenters. The van der Waals surface area contributed by atoms with Crippen molar-refractivity contribution in [1.29, 1.82) is 0 Å². The summed E-state index contributed by atoms with van der Waals surface area (Å²) in [6.07, 6.45) is 9.20. The van der Waals surface area contributed by atoms with Gasteiger partial charge >= 0.3 is 0 Å². The fourth-order valence-corrected chi connectivity index (χ4v) is 3.41. The van der Waals surface area contributed by atoms with E-state index in [4.69, 9.17) is 4.74 Å². The smallest absolute Gasteiger partial charge is 0.135 e. The lowest BCUT2D eigenvalue weighted by molar-refractivity contribution is 0.0271. The standard InChI is InChI=1S/C16H21N5O/c1-12-7-19-21(8-12)10-13-9-20(5-6-22-13)16-14-3-2-4-15(14)17-11-18-16/h7-8,11,13H,2-6,9-10H2,1H3/t13-/m0/s1. The molecule has 2 aromatic heterocycles. The zero-order valence-corrected chi connectivity index (χ0v) is 12.9. The van der Waals surface area contributed by atoms with Crippen LogP contribution < -0.4 is 4.90 Å². The minimum Gasteiger partial charge on any atom is -0.373 e. The number of ether oxygens (including phenoxy) is 1. The van der Waals surface area contributed by atoms with E-state index in [1.807, 2.05) is 10.9 Å². The molecular weight excluding hydrogens is 278 g/mol. The summed E-state index contributed by atoms with van der Waals surface area (Å²) in [7, 11) is 0. The average molecular weight is 299 g/mol. The Morgan fingerprint density at radius 1 is 1.32 bits per heavy atom. The van der Waals surface area contributed by atoms with Crippen molar-refractivity contribution in [3.05, 3.63) is 35.5 Å². The van der Waals surface area contributed by atoms with Crippen LogP contribution >= 0.6 is 0 Å². The molecule has 1 aliphatic heterocycles. The number of fused-ring (bicyclic) bond motifs is 1. The van der Waals surface area contributed by atoms with Crippen molar-refractivity contribution >= 4 is 5.82 Å². The Morgan fingerprint density at radius 3 is 3.14 bits per heavy atom. The Balaban J connectivity index is 1.50. The van der Waals surface area contributed by atoms with Gasteiger partial charge in [-0.05, 0) is 31.7 Å². The van der Waals surface area contributed by atoms with Gasteiger partial charge in [-0.1, -0.05) is 0 Å². The molecule has 0 N–H and O–H groups in total. The van der Waals surface area contributed by atoms with E-state index in [2.05, 4.69) is 33.1 Å². The molecule has 22 heavy (non-hydrogen) atoms. The molecule has 1 saturated heterocycles. The number of hydrogen-bond donors (Lipinski definition) is 0. The van der Waals surface area contributed by atoms with E-state index in [0.29, 0.717) is 0 Å². The lowest BCUT2D eigenvalue weighted by atomic mass is 10.2. The number of morpholine rings is 1. The maximum absolute atomic E-state index is 5.92. The van der Waals surface area contributed by atoms with E-state index >= 15 is 0 Å². The lowest BCUT2D eigenvalue weighted by Gasteiger charge is -2.34. The second-order valence-electron chi connectivity index (χ2n) is 6.15. The Hall–Kier alpha value is -1.95. The van der Waals surface area contributed by atoms with Gasteiger partial charge in [-0.25, -0.2) is 9.97 Å². The molecule has 1 atom stereocenters. The third-order valence-corrected chi connectivity index (χ3v) is 4.44. The monoisotopic (exact) mass is 299 g/mol. The number of aromatic nitrogens is 4. The topological polar surface area (TPSA) is 56.1 Å². The summed E-state index contributed by atoms with van der Waals surface area (Å²) < 4.78 is 7.88. The van der Waals surface area contributed by atoms with Crippen LogP contribution in [-0.2, 0) is 24.1 Å². The summed E-state index contributed by atoms with van der Waals surface area (Å²) in [6.45, 7) is 5.35. The molecule has 0 aromatic carbocycles. The Kier molecular flexibility index (Phi) is 3.54. The molecule has 0 amide bonds. The first-order valence-corrected chi connectivity index (χ1v) is 7.98. The lowest BCUT2D eigenvalue weighted by Crippen LogP contribution is -2.45. The van der Waals surface area contributed by atoms with Gasteiger partial charge in [0.05, 0.1) is 25.5 Å². The first-order valence-electron chi connectivity index (χ1n) is 7.98. The molecule has 0 spiro atoms. The van der Waals surface area contributed by atoms with Gasteiger partial charge in [0, 0.05) is 30.5 Å². The number of anilines is 1. The molecule has 0 saturated carbocycles. The molecule has 3 heterocycles. The predicted octanol–water partition coefficient (Wildman–Crippen LogP) is 1.38. The minimum atomic E-state index is 0.153. The normalized spacial score (nSPS) is 21.1. The van der Waals surface area contributed by atoms with Gasteiger partial charge in [0.25, 0.3) is 0 Å². The zero-order valence-electron chi connectivity index (χ0n) is 12.9. The van der Waals surface area contributed by atoms with Gasteiger partial charge in [-0.3, -0.25) is 4.68 Å². The number of hydrogen-bond acceptors (Lipinski definition) is 5. The van der Waals surface area contributed by atoms with Crippen LogP contribution in [0.25, 0.3) is 0 Å². The summed E-state index contributed by atoms with van der Waals surface area (Å²) in [6, 6.07) is 0. The summed E-state index contributed by atoms with van der Waals surface area (Å²) in [4.78, 5) is 11.3. The summed E-state index contributed by atoms with van der Waals surface area (Å²) in [5.41, 5.74) is 3.76. The van der Waals surface area contributed by atoms with Crippen molar-refractivity contribution < 1.29 is 4.74 Å². The van der Waals surface area contributed by atoms with Crippen LogP contribution in [0.5, 0.6) is 0 Å². The molecule has 2 aliphatic rings. The van der Waals surface area contributed by atoms with Gasteiger partial charge in [0.1, 0.15) is 12.1 Å². The van der Waals surface area contributed by atoms with E-state index < -0.39 is 0 Å². The molecule has 1 aliphatic carbocycles. The van der Waals surface area contributed by atoms with Crippen molar-refractivity contribution in [3.8, 4) is 0 Å². The highest BCUT2D eigenvalue weighted by Crippen LogP contribution is 2.28. The Labute approximate surface area is 130 Å². The van der Waals surface area contributed by atoms with Gasteiger partial charge in [-0.2, -0.15) is 5.10 Å². The second kappa shape index (κ2) is 5.68. The highest BCUT2D eigenvalue weighted by Gasteiger charge is 2.26. The van der Waals surface area contributed by atoms with Crippen molar-refractivity contribution in [2.45, 2.75) is 38.8 Å². The van der Waals surface area contributed by atoms with Crippen LogP contribution in [0.2, 0.25) is 0 Å². The van der Waals surface area contributed by atoms with Crippen molar-refractivity contribution in [1.82, 2.24) is 19.7 Å². The summed E-state index contributed by atoms with van der Waals surface area (Å²) in [5.74, 6) is 1.12. The van der Waals surface area contributed by atoms with Gasteiger partial charge in [0.2, 0.25) is 0 Å². The maximum Gasteiger partial charge on any atom is 0.135 e. The van der Waals surface area contributed by atoms with Crippen molar-refractivity contribution in [2.24, 2.45) is 0 Å². The van der Waals surface area contributed by atoms with Crippen molar-refractivity contribution in [2.75, 3.05) is 24.6 Å². The van der Waals surface area contributed by atoms with Crippen LogP contribution in [0.15, 0.2) is 18.7 Å². The first-order chi connectivity index (χ1) is 10.8. The van der Waals surface area contributed by atoms with Gasteiger partial charge in [-0.15, -0.1) is 0 Å². The SMILES string of the molecule is Cc1cnn(C[C@@H]2CN(c3ncnc4c3CCC4)CCO2)c1. The number of nitrogens with zero attached hydrogens (tertiary/aromatic N) is 5. The summed E-state index contributed by atoms with van der Waals surface area (Å²) >= 11 is 0. The summed E-state index contributed by atoms with van der Waals surface area (Å²) in [5, 5.41) is 4.36. The van der Waals surface area contributed by atoms with E-state index in [9.17, 15) is 0 Å². The second-order valence-corrected chi connectivity index (χ2v) is 6.15. The molecule has 6 heteroatoms. The number of rotatable bonds is 3. The number of aryl methyl sites for hydroxylation is 2. The molecular formula is C16H21N5O. The third kappa shape index (κ3) is 2.59. The van der Waals surface area contributed by atoms with E-state index in [0.717, 1.165) is 44.9 Å². The highest BCUT2D eigenvalue weighted by molar-refractivity contribution is 5.50. The van der Waals surface area contributed by atoms with Gasteiger partial charge in [0.15, 0.2) is 0 Å². The predicted molar refractivity (Wildman–Crippen MR) is 83.0 cm³/mol. The molecule has 0 bridgehead atoms. The molecule has 4 rings (SSSR count). The highest BCUT2D eigenvalue weighted by atomic mass is 16.5. The zero-order chi connectivity index (χ0) is 14.9. The minimum absolute atomic E-state index is 0.153. The van der Waals surface area contributed by atoms with E-state index in [1.165, 1.54) is 23.2 Å². The van der Waals surface area contributed by atoms with Crippen molar-refractivity contribution in [3.63, 3.8) is 0 Å². The molecule has 2 aromatic rings. The van der Waals surface area contributed by atoms with Crippen LogP contribution in [0, 0.1) is 6.92 Å². The van der Waals surface area contributed by atoms with Crippen LogP contribution in [0.3, 0.4) is 0 Å². The van der Waals surface area contributed by atoms with Crippen LogP contribution in [0.4, 0.5) is 5.82 Å². The largest absolute Gasteiger partial charge is 0.373 e. The molecule has 0 radical (unpaired) electrons.